The lowest BCUT2D eigenvalue weighted by Gasteiger charge is -2.33. The van der Waals surface area contributed by atoms with Gasteiger partial charge >= 0.3 is 6.09 Å². The molecule has 3 aromatic rings. The Bertz CT molecular complexity index is 1120. The van der Waals surface area contributed by atoms with E-state index in [1.165, 1.54) is 5.56 Å². The molecule has 1 aliphatic rings. The van der Waals surface area contributed by atoms with Crippen molar-refractivity contribution in [1.29, 1.82) is 0 Å². The lowest BCUT2D eigenvalue weighted by atomic mass is 9.86. The summed E-state index contributed by atoms with van der Waals surface area (Å²) in [6.45, 7) is 8.34. The SMILES string of the molecule is CC(C)(C)OC=O.O=C(NC1CNCCC1c1cccc(OCc2ccccc2)c1)OCc1ccccc1. The lowest BCUT2D eigenvalue weighted by molar-refractivity contribution is -0.138. The Kier molecular flexibility index (Phi) is 11.2. The van der Waals surface area contributed by atoms with E-state index in [1.54, 1.807) is 0 Å². The quantitative estimate of drug-likeness (QED) is 0.378. The average Bonchev–Trinajstić information content (AvgIpc) is 2.92. The minimum Gasteiger partial charge on any atom is -0.489 e. The first-order chi connectivity index (χ1) is 18.3. The second kappa shape index (κ2) is 14.8. The second-order valence-corrected chi connectivity index (χ2v) is 10.1. The van der Waals surface area contributed by atoms with Crippen molar-refractivity contribution in [3.63, 3.8) is 0 Å². The number of carbonyl (C=O) groups excluding carboxylic acids is 2. The minimum absolute atomic E-state index is 0.0404. The van der Waals surface area contributed by atoms with E-state index in [2.05, 4.69) is 39.6 Å². The predicted octanol–water partition coefficient (Wildman–Crippen LogP) is 5.60. The zero-order chi connectivity index (χ0) is 27.2. The summed E-state index contributed by atoms with van der Waals surface area (Å²) >= 11 is 0. The van der Waals surface area contributed by atoms with Gasteiger partial charge in [0.15, 0.2) is 0 Å². The van der Waals surface area contributed by atoms with Crippen LogP contribution < -0.4 is 15.4 Å². The third-order valence-electron chi connectivity index (χ3n) is 5.93. The molecule has 7 nitrogen and oxygen atoms in total. The molecule has 0 spiro atoms. The van der Waals surface area contributed by atoms with Crippen LogP contribution in [0.25, 0.3) is 0 Å². The van der Waals surface area contributed by atoms with Crippen LogP contribution in [0.1, 0.15) is 49.8 Å². The monoisotopic (exact) mass is 518 g/mol. The van der Waals surface area contributed by atoms with Crippen LogP contribution in [0, 0.1) is 0 Å². The number of rotatable bonds is 8. The number of carbonyl (C=O) groups is 2. The number of amides is 1. The first-order valence-corrected chi connectivity index (χ1v) is 12.9. The highest BCUT2D eigenvalue weighted by molar-refractivity contribution is 5.68. The molecule has 2 unspecified atom stereocenters. The molecule has 202 valence electrons. The van der Waals surface area contributed by atoms with Crippen molar-refractivity contribution in [3.8, 4) is 5.75 Å². The first kappa shape index (κ1) is 28.7. The summed E-state index contributed by atoms with van der Waals surface area (Å²) in [5, 5.41) is 6.42. The fourth-order valence-electron chi connectivity index (χ4n) is 4.05. The fourth-order valence-corrected chi connectivity index (χ4v) is 4.05. The molecule has 0 aromatic heterocycles. The Morgan fingerprint density at radius 3 is 2.21 bits per heavy atom. The zero-order valence-electron chi connectivity index (χ0n) is 22.4. The molecule has 1 amide bonds. The Balaban J connectivity index is 0.000000505. The van der Waals surface area contributed by atoms with Gasteiger partial charge in [-0.15, -0.1) is 0 Å². The Morgan fingerprint density at radius 2 is 1.61 bits per heavy atom. The topological polar surface area (TPSA) is 85.9 Å². The predicted molar refractivity (Wildman–Crippen MR) is 148 cm³/mol. The molecule has 4 rings (SSSR count). The van der Waals surface area contributed by atoms with Gasteiger partial charge in [0.1, 0.15) is 24.6 Å². The number of nitrogens with one attached hydrogen (secondary N) is 2. The summed E-state index contributed by atoms with van der Waals surface area (Å²) < 4.78 is 16.0. The molecular formula is C31H38N2O5. The van der Waals surface area contributed by atoms with Crippen LogP contribution in [0.4, 0.5) is 4.79 Å². The highest BCUT2D eigenvalue weighted by Crippen LogP contribution is 2.29. The van der Waals surface area contributed by atoms with Crippen LogP contribution in [0.5, 0.6) is 5.75 Å². The Hall–Kier alpha value is -3.84. The van der Waals surface area contributed by atoms with Gasteiger partial charge in [0.2, 0.25) is 0 Å². The number of alkyl carbamates (subject to hydrolysis) is 1. The third-order valence-corrected chi connectivity index (χ3v) is 5.93. The highest BCUT2D eigenvalue weighted by Gasteiger charge is 2.28. The molecule has 0 radical (unpaired) electrons. The number of piperidine rings is 1. The van der Waals surface area contributed by atoms with Gasteiger partial charge in [0.05, 0.1) is 6.04 Å². The van der Waals surface area contributed by atoms with E-state index in [0.29, 0.717) is 19.6 Å². The van der Waals surface area contributed by atoms with Crippen molar-refractivity contribution in [2.75, 3.05) is 13.1 Å². The summed E-state index contributed by atoms with van der Waals surface area (Å²) in [4.78, 5) is 22.0. The molecule has 1 fully saturated rings. The maximum Gasteiger partial charge on any atom is 0.407 e. The molecule has 3 aromatic carbocycles. The van der Waals surface area contributed by atoms with E-state index < -0.39 is 0 Å². The van der Waals surface area contributed by atoms with Crippen molar-refractivity contribution in [2.24, 2.45) is 0 Å². The molecule has 7 heteroatoms. The largest absolute Gasteiger partial charge is 0.489 e. The summed E-state index contributed by atoms with van der Waals surface area (Å²) in [7, 11) is 0. The minimum atomic E-state index is -0.390. The van der Waals surface area contributed by atoms with Crippen LogP contribution in [0.3, 0.4) is 0 Å². The smallest absolute Gasteiger partial charge is 0.407 e. The molecule has 1 aliphatic heterocycles. The van der Waals surface area contributed by atoms with E-state index in [-0.39, 0.29) is 30.3 Å². The molecule has 1 heterocycles. The third kappa shape index (κ3) is 10.3. The van der Waals surface area contributed by atoms with Crippen molar-refractivity contribution in [2.45, 2.75) is 58.0 Å². The van der Waals surface area contributed by atoms with Crippen LogP contribution in [-0.4, -0.2) is 37.3 Å². The van der Waals surface area contributed by atoms with E-state index in [1.807, 2.05) is 81.4 Å². The maximum atomic E-state index is 12.4. The number of ether oxygens (including phenoxy) is 3. The van der Waals surface area contributed by atoms with E-state index in [9.17, 15) is 9.59 Å². The van der Waals surface area contributed by atoms with Gasteiger partial charge in [0, 0.05) is 12.5 Å². The Labute approximate surface area is 225 Å². The summed E-state index contributed by atoms with van der Waals surface area (Å²) in [6.07, 6.45) is 0.546. The second-order valence-electron chi connectivity index (χ2n) is 10.1. The molecule has 2 N–H and O–H groups in total. The van der Waals surface area contributed by atoms with Gasteiger partial charge < -0.3 is 24.8 Å². The van der Waals surface area contributed by atoms with Crippen LogP contribution in [0.15, 0.2) is 84.9 Å². The molecule has 2 atom stereocenters. The van der Waals surface area contributed by atoms with Crippen LogP contribution >= 0.6 is 0 Å². The molecule has 1 saturated heterocycles. The van der Waals surface area contributed by atoms with Gasteiger partial charge in [0.25, 0.3) is 6.47 Å². The van der Waals surface area contributed by atoms with E-state index in [0.717, 1.165) is 29.8 Å². The molecule has 0 aliphatic carbocycles. The molecule has 0 saturated carbocycles. The van der Waals surface area contributed by atoms with Crippen molar-refractivity contribution in [1.82, 2.24) is 10.6 Å². The van der Waals surface area contributed by atoms with Gasteiger partial charge in [-0.2, -0.15) is 0 Å². The Morgan fingerprint density at radius 1 is 0.947 bits per heavy atom. The summed E-state index contributed by atoms with van der Waals surface area (Å²) in [6, 6.07) is 28.0. The van der Waals surface area contributed by atoms with Gasteiger partial charge in [-0.3, -0.25) is 4.79 Å². The van der Waals surface area contributed by atoms with Crippen LogP contribution in [0.2, 0.25) is 0 Å². The molecular weight excluding hydrogens is 480 g/mol. The normalized spacial score (nSPS) is 16.8. The summed E-state index contributed by atoms with van der Waals surface area (Å²) in [5.41, 5.74) is 2.96. The zero-order valence-corrected chi connectivity index (χ0v) is 22.4. The van der Waals surface area contributed by atoms with E-state index >= 15 is 0 Å². The van der Waals surface area contributed by atoms with Crippen molar-refractivity contribution >= 4 is 12.6 Å². The van der Waals surface area contributed by atoms with Crippen molar-refractivity contribution < 1.29 is 23.8 Å². The first-order valence-electron chi connectivity index (χ1n) is 12.9. The van der Waals surface area contributed by atoms with Gasteiger partial charge in [-0.1, -0.05) is 72.8 Å². The maximum absolute atomic E-state index is 12.4. The standard InChI is InChI=1S/C26H28N2O3.C5H10O2/c29-26(31-19-21-10-5-2-6-11-21)28-25-17-27-15-14-24(25)22-12-7-13-23(16-22)30-18-20-8-3-1-4-9-20;1-5(2,3)7-4-6/h1-13,16,24-25,27H,14-15,17-19H2,(H,28,29);4H,1-3H3. The lowest BCUT2D eigenvalue weighted by Crippen LogP contribution is -2.50. The number of hydrogen-bond acceptors (Lipinski definition) is 6. The van der Waals surface area contributed by atoms with Crippen LogP contribution in [-0.2, 0) is 27.5 Å². The molecule has 38 heavy (non-hydrogen) atoms. The fraction of sp³-hybridized carbons (Fsp3) is 0.355. The number of benzene rings is 3. The highest BCUT2D eigenvalue weighted by atomic mass is 16.5. The average molecular weight is 519 g/mol. The van der Waals surface area contributed by atoms with E-state index in [4.69, 9.17) is 9.47 Å². The number of hydrogen-bond donors (Lipinski definition) is 2. The van der Waals surface area contributed by atoms with Crippen molar-refractivity contribution in [3.05, 3.63) is 102 Å². The van der Waals surface area contributed by atoms with Gasteiger partial charge in [-0.25, -0.2) is 4.79 Å². The molecule has 0 bridgehead atoms. The van der Waals surface area contributed by atoms with Gasteiger partial charge in [-0.05, 0) is 62.6 Å². The summed E-state index contributed by atoms with van der Waals surface area (Å²) in [5.74, 6) is 1.04.